The molecule has 0 aliphatic carbocycles. The monoisotopic (exact) mass is 682 g/mol. The van der Waals surface area contributed by atoms with Gasteiger partial charge in [0.25, 0.3) is 0 Å². The highest BCUT2D eigenvalue weighted by Gasteiger charge is 2.44. The summed E-state index contributed by atoms with van der Waals surface area (Å²) in [5.41, 5.74) is 0.323. The summed E-state index contributed by atoms with van der Waals surface area (Å²) in [6.45, 7) is 13.3. The van der Waals surface area contributed by atoms with E-state index in [0.717, 1.165) is 43.5 Å². The Morgan fingerprint density at radius 3 is 2.42 bits per heavy atom. The van der Waals surface area contributed by atoms with Gasteiger partial charge < -0.3 is 24.2 Å². The number of anilines is 1. The van der Waals surface area contributed by atoms with Gasteiger partial charge in [0.05, 0.1) is 36.3 Å². The van der Waals surface area contributed by atoms with Crippen LogP contribution in [0.1, 0.15) is 26.7 Å². The number of amides is 1. The summed E-state index contributed by atoms with van der Waals surface area (Å²) in [7, 11) is 2.25. The van der Waals surface area contributed by atoms with Crippen molar-refractivity contribution in [3.8, 4) is 16.9 Å². The second-order valence-electron chi connectivity index (χ2n) is 13.6. The van der Waals surface area contributed by atoms with Crippen molar-refractivity contribution in [1.82, 2.24) is 24.3 Å². The van der Waals surface area contributed by atoms with Gasteiger partial charge in [-0.25, -0.2) is 13.6 Å². The van der Waals surface area contributed by atoms with Crippen molar-refractivity contribution >= 4 is 34.2 Å². The highest BCUT2D eigenvalue weighted by molar-refractivity contribution is 6.35. The van der Waals surface area contributed by atoms with Crippen LogP contribution in [0.25, 0.3) is 22.0 Å². The number of likely N-dealkylation sites (tertiary alicyclic amines) is 1. The van der Waals surface area contributed by atoms with Gasteiger partial charge in [-0.05, 0) is 58.0 Å². The molecule has 5 aliphatic heterocycles. The Morgan fingerprint density at radius 1 is 1.04 bits per heavy atom. The van der Waals surface area contributed by atoms with Crippen molar-refractivity contribution in [2.24, 2.45) is 0 Å². The van der Waals surface area contributed by atoms with E-state index in [0.29, 0.717) is 29.8 Å². The van der Waals surface area contributed by atoms with Crippen LogP contribution in [0, 0.1) is 11.6 Å². The van der Waals surface area contributed by atoms with Crippen LogP contribution in [0.15, 0.2) is 41.7 Å². The molecule has 48 heavy (non-hydrogen) atoms. The Bertz CT molecular complexity index is 1800. The zero-order chi connectivity index (χ0) is 33.9. The first-order chi connectivity index (χ1) is 23.0. The summed E-state index contributed by atoms with van der Waals surface area (Å²) >= 11 is 6.67. The van der Waals surface area contributed by atoms with Crippen LogP contribution in [0.2, 0.25) is 5.02 Å². The summed E-state index contributed by atoms with van der Waals surface area (Å²) < 4.78 is 41.0. The van der Waals surface area contributed by atoms with Gasteiger partial charge in [0, 0.05) is 72.9 Å². The maximum atomic E-state index is 14.7. The normalized spacial score (nSPS) is 25.7. The second kappa shape index (κ2) is 13.0. The van der Waals surface area contributed by atoms with Crippen LogP contribution >= 0.6 is 11.6 Å². The number of hydrogen-bond acceptors (Lipinski definition) is 8. The smallest absolute Gasteiger partial charge is 0.350 e. The molecule has 5 aliphatic rings. The quantitative estimate of drug-likeness (QED) is 0.380. The molecule has 10 nitrogen and oxygen atoms in total. The number of halogens is 3. The van der Waals surface area contributed by atoms with Crippen LogP contribution in [-0.4, -0.2) is 113 Å². The minimum absolute atomic E-state index is 0.0751. The SMILES string of the molecule is C=CC(=O)N1CC(C)N(c2nc(=O)n3c4c(c(-c5ccc(F)cc5F)c(Cl)cc24)OCC3)C[C@H]1C.CN1CC2CCC(C1)N2C1COC1. The van der Waals surface area contributed by atoms with Gasteiger partial charge in [-0.3, -0.25) is 14.3 Å². The molecule has 0 radical (unpaired) electrons. The predicted octanol–water partition coefficient (Wildman–Crippen LogP) is 4.16. The van der Waals surface area contributed by atoms with Gasteiger partial charge in [0.2, 0.25) is 5.91 Å². The summed E-state index contributed by atoms with van der Waals surface area (Å²) in [6, 6.07) is 6.99. The number of fused-ring (bicyclic) bond motifs is 2. The van der Waals surface area contributed by atoms with Gasteiger partial charge in [-0.2, -0.15) is 4.98 Å². The minimum atomic E-state index is -0.787. The van der Waals surface area contributed by atoms with Crippen LogP contribution in [0.4, 0.5) is 14.6 Å². The maximum Gasteiger partial charge on any atom is 0.350 e. The lowest BCUT2D eigenvalue weighted by atomic mass is 9.99. The average molecular weight is 683 g/mol. The topological polar surface area (TPSA) is 83.4 Å². The number of likely N-dealkylation sites (N-methyl/N-ethyl adjacent to an activating group) is 1. The fraction of sp³-hybridized carbons (Fsp3) is 0.514. The number of ether oxygens (including phenoxy) is 2. The summed E-state index contributed by atoms with van der Waals surface area (Å²) in [4.78, 5) is 38.7. The molecule has 0 N–H and O–H groups in total. The van der Waals surface area contributed by atoms with E-state index in [1.54, 1.807) is 11.0 Å². The molecule has 3 aromatic rings. The van der Waals surface area contributed by atoms with Crippen LogP contribution < -0.4 is 15.3 Å². The van der Waals surface area contributed by atoms with E-state index < -0.39 is 17.3 Å². The fourth-order valence-corrected chi connectivity index (χ4v) is 8.39. The van der Waals surface area contributed by atoms with Crippen molar-refractivity contribution in [3.63, 3.8) is 0 Å². The van der Waals surface area contributed by atoms with Crippen LogP contribution in [-0.2, 0) is 16.1 Å². The van der Waals surface area contributed by atoms with Crippen molar-refractivity contribution in [1.29, 1.82) is 0 Å². The molecule has 1 amide bonds. The molecule has 4 fully saturated rings. The Balaban J connectivity index is 0.000000231. The number of aromatic nitrogens is 2. The molecule has 13 heteroatoms. The van der Waals surface area contributed by atoms with Gasteiger partial charge in [-0.15, -0.1) is 0 Å². The molecule has 1 aromatic heterocycles. The van der Waals surface area contributed by atoms with E-state index in [4.69, 9.17) is 21.1 Å². The van der Waals surface area contributed by atoms with Crippen molar-refractivity contribution in [3.05, 3.63) is 64.1 Å². The van der Waals surface area contributed by atoms with Crippen molar-refractivity contribution in [2.45, 2.75) is 63.4 Å². The van der Waals surface area contributed by atoms with Gasteiger partial charge in [0.15, 0.2) is 5.75 Å². The number of hydrogen-bond donors (Lipinski definition) is 0. The zero-order valence-corrected chi connectivity index (χ0v) is 28.3. The summed E-state index contributed by atoms with van der Waals surface area (Å²) in [6.07, 6.45) is 4.11. The van der Waals surface area contributed by atoms with Gasteiger partial charge in [0.1, 0.15) is 24.1 Å². The molecular weight excluding hydrogens is 642 g/mol. The standard InChI is InChI=1S/C25H23ClF2N4O3.C10H18N2O/c1-4-20(33)31-11-14(3)32(12-13(31)2)24-17-10-18(26)21(16-6-5-15(27)9-19(16)28)23-22(17)30(7-8-35-23)25(34)29-24;1-11-4-8-2-3-9(5-11)12(8)10-6-13-7-10/h4-6,9-10,13-14H,1,7-8,11-12H2,2-3H3;8-10H,2-7H2,1H3/t13-,14?;/m1./s1. The minimum Gasteiger partial charge on any atom is -0.489 e. The highest BCUT2D eigenvalue weighted by Crippen LogP contribution is 2.46. The molecule has 2 aromatic carbocycles. The first-order valence-corrected chi connectivity index (χ1v) is 17.0. The number of carbonyl (C=O) groups excluding carboxylic acids is 1. The summed E-state index contributed by atoms with van der Waals surface area (Å²) in [5, 5.41) is 0.771. The Kier molecular flexibility index (Phi) is 8.95. The van der Waals surface area contributed by atoms with E-state index in [1.807, 2.05) is 18.7 Å². The predicted molar refractivity (Wildman–Crippen MR) is 181 cm³/mol. The lowest BCUT2D eigenvalue weighted by Crippen LogP contribution is -2.61. The van der Waals surface area contributed by atoms with E-state index in [2.05, 4.69) is 28.4 Å². The van der Waals surface area contributed by atoms with E-state index >= 15 is 0 Å². The Labute approximate surface area is 283 Å². The summed E-state index contributed by atoms with van der Waals surface area (Å²) in [5.74, 6) is -0.975. The van der Waals surface area contributed by atoms with Crippen LogP contribution in [0.5, 0.6) is 5.75 Å². The molecule has 4 atom stereocenters. The van der Waals surface area contributed by atoms with Crippen molar-refractivity contribution in [2.75, 3.05) is 57.9 Å². The van der Waals surface area contributed by atoms with E-state index in [-0.39, 0.29) is 53.0 Å². The molecule has 256 valence electrons. The van der Waals surface area contributed by atoms with Crippen molar-refractivity contribution < 1.29 is 23.0 Å². The Morgan fingerprint density at radius 2 is 1.77 bits per heavy atom. The number of rotatable bonds is 4. The number of benzene rings is 2. The highest BCUT2D eigenvalue weighted by atomic mass is 35.5. The molecule has 3 unspecified atom stereocenters. The molecule has 0 saturated carbocycles. The molecule has 0 spiro atoms. The van der Waals surface area contributed by atoms with Gasteiger partial charge in [-0.1, -0.05) is 18.2 Å². The largest absolute Gasteiger partial charge is 0.489 e. The van der Waals surface area contributed by atoms with Crippen LogP contribution in [0.3, 0.4) is 0 Å². The van der Waals surface area contributed by atoms with Gasteiger partial charge >= 0.3 is 5.69 Å². The molecule has 8 rings (SSSR count). The molecule has 6 heterocycles. The number of nitrogens with zero attached hydrogens (tertiary/aromatic N) is 6. The first kappa shape index (κ1) is 32.9. The first-order valence-electron chi connectivity index (χ1n) is 16.6. The number of carbonyl (C=O) groups is 1. The fourth-order valence-electron chi connectivity index (χ4n) is 8.09. The third-order valence-electron chi connectivity index (χ3n) is 10.4. The third-order valence-corrected chi connectivity index (χ3v) is 10.7. The molecule has 4 saturated heterocycles. The third kappa shape index (κ3) is 5.76. The molecule has 2 bridgehead atoms. The average Bonchev–Trinajstić information content (AvgIpc) is 3.27. The lowest BCUT2D eigenvalue weighted by molar-refractivity contribution is -0.128. The van der Waals surface area contributed by atoms with E-state index in [1.165, 1.54) is 42.6 Å². The maximum absolute atomic E-state index is 14.7. The Hall–Kier alpha value is -3.58. The second-order valence-corrected chi connectivity index (χ2v) is 14.0. The number of piperazine rings is 2. The lowest BCUT2D eigenvalue weighted by Gasteiger charge is -2.46. The molecular formula is C35H41ClF2N6O4. The zero-order valence-electron chi connectivity index (χ0n) is 27.5. The van der Waals surface area contributed by atoms with E-state index in [9.17, 15) is 18.4 Å².